The lowest BCUT2D eigenvalue weighted by Crippen LogP contribution is -2.27. The van der Waals surface area contributed by atoms with Crippen LogP contribution in [-0.2, 0) is 4.79 Å². The lowest BCUT2D eigenvalue weighted by Gasteiger charge is -2.30. The van der Waals surface area contributed by atoms with Gasteiger partial charge in [-0.3, -0.25) is 4.79 Å². The molecule has 1 aliphatic rings. The summed E-state index contributed by atoms with van der Waals surface area (Å²) < 4.78 is 1.52. The smallest absolute Gasteiger partial charge is 0.159 e. The first-order valence-corrected chi connectivity index (χ1v) is 7.04. The molecular weight excluding hydrogens is 313 g/mol. The highest BCUT2D eigenvalue weighted by atomic mass is 35.5. The third kappa shape index (κ3) is 2.66. The maximum Gasteiger partial charge on any atom is 0.159 e. The van der Waals surface area contributed by atoms with Crippen LogP contribution in [0.2, 0.25) is 10.0 Å². The van der Waals surface area contributed by atoms with Crippen molar-refractivity contribution in [3.8, 4) is 0 Å². The predicted octanol–water partition coefficient (Wildman–Crippen LogP) is 3.32. The van der Waals surface area contributed by atoms with E-state index in [1.54, 1.807) is 18.2 Å². The molecule has 1 aromatic heterocycles. The van der Waals surface area contributed by atoms with Gasteiger partial charge in [0.25, 0.3) is 0 Å². The zero-order valence-corrected chi connectivity index (χ0v) is 12.3. The highest BCUT2D eigenvalue weighted by Crippen LogP contribution is 2.42. The van der Waals surface area contributed by atoms with Crippen molar-refractivity contribution in [2.75, 3.05) is 0 Å². The van der Waals surface area contributed by atoms with Crippen LogP contribution in [0.5, 0.6) is 0 Å². The molecular formula is C14H11Cl2N3O2. The van der Waals surface area contributed by atoms with Crippen LogP contribution in [0.4, 0.5) is 0 Å². The molecule has 0 radical (unpaired) electrons. The van der Waals surface area contributed by atoms with Gasteiger partial charge in [-0.25, -0.2) is 9.67 Å². The van der Waals surface area contributed by atoms with E-state index in [1.165, 1.54) is 23.4 Å². The molecule has 0 aliphatic heterocycles. The third-order valence-electron chi connectivity index (χ3n) is 3.50. The van der Waals surface area contributed by atoms with Crippen LogP contribution in [0.25, 0.3) is 0 Å². The van der Waals surface area contributed by atoms with Crippen molar-refractivity contribution in [2.24, 2.45) is 0 Å². The molecule has 21 heavy (non-hydrogen) atoms. The summed E-state index contributed by atoms with van der Waals surface area (Å²) in [4.78, 5) is 15.7. The lowest BCUT2D eigenvalue weighted by molar-refractivity contribution is -0.116. The zero-order chi connectivity index (χ0) is 15.0. The van der Waals surface area contributed by atoms with E-state index < -0.39 is 6.04 Å². The molecule has 108 valence electrons. The molecule has 0 saturated carbocycles. The zero-order valence-electron chi connectivity index (χ0n) is 10.8. The number of nitrogens with zero attached hydrogens (tertiary/aromatic N) is 3. The van der Waals surface area contributed by atoms with Gasteiger partial charge in [0, 0.05) is 28.5 Å². The molecule has 1 heterocycles. The highest BCUT2D eigenvalue weighted by molar-refractivity contribution is 6.35. The number of allylic oxidation sites excluding steroid dienone is 2. The molecule has 0 fully saturated rings. The van der Waals surface area contributed by atoms with Crippen molar-refractivity contribution in [1.82, 2.24) is 14.8 Å². The largest absolute Gasteiger partial charge is 0.510 e. The summed E-state index contributed by atoms with van der Waals surface area (Å²) in [6, 6.07) is 4.59. The number of aliphatic hydroxyl groups is 1. The van der Waals surface area contributed by atoms with E-state index >= 15 is 0 Å². The minimum absolute atomic E-state index is 0.0484. The Hall–Kier alpha value is -1.85. The van der Waals surface area contributed by atoms with Gasteiger partial charge in [0.2, 0.25) is 0 Å². The minimum Gasteiger partial charge on any atom is -0.510 e. The average Bonchev–Trinajstić information content (AvgIpc) is 2.91. The van der Waals surface area contributed by atoms with E-state index in [9.17, 15) is 9.90 Å². The molecule has 0 amide bonds. The van der Waals surface area contributed by atoms with Gasteiger partial charge in [0.1, 0.15) is 24.5 Å². The van der Waals surface area contributed by atoms with Gasteiger partial charge in [0.15, 0.2) is 5.78 Å². The second-order valence-electron chi connectivity index (χ2n) is 4.83. The van der Waals surface area contributed by atoms with E-state index in [-0.39, 0.29) is 23.9 Å². The Kier molecular flexibility index (Phi) is 3.69. The Bertz CT molecular complexity index is 713. The van der Waals surface area contributed by atoms with E-state index in [0.717, 1.165) is 5.56 Å². The van der Waals surface area contributed by atoms with Crippen LogP contribution < -0.4 is 0 Å². The predicted molar refractivity (Wildman–Crippen MR) is 78.6 cm³/mol. The van der Waals surface area contributed by atoms with Crippen molar-refractivity contribution in [3.63, 3.8) is 0 Å². The fourth-order valence-corrected chi connectivity index (χ4v) is 3.16. The number of benzene rings is 1. The summed E-state index contributed by atoms with van der Waals surface area (Å²) >= 11 is 12.2. The van der Waals surface area contributed by atoms with Gasteiger partial charge in [-0.2, -0.15) is 5.10 Å². The van der Waals surface area contributed by atoms with E-state index in [4.69, 9.17) is 23.2 Å². The maximum absolute atomic E-state index is 11.8. The number of ketones is 1. The summed E-state index contributed by atoms with van der Waals surface area (Å²) in [5, 5.41) is 15.2. The van der Waals surface area contributed by atoms with Crippen LogP contribution >= 0.6 is 23.2 Å². The molecule has 0 spiro atoms. The number of rotatable bonds is 2. The monoisotopic (exact) mass is 323 g/mol. The molecule has 2 aromatic rings. The topological polar surface area (TPSA) is 68.0 Å². The van der Waals surface area contributed by atoms with Crippen LogP contribution in [0.15, 0.2) is 42.7 Å². The van der Waals surface area contributed by atoms with Gasteiger partial charge < -0.3 is 5.11 Å². The van der Waals surface area contributed by atoms with Crippen LogP contribution in [0.1, 0.15) is 23.9 Å². The molecule has 3 rings (SSSR count). The van der Waals surface area contributed by atoms with Gasteiger partial charge in [0.05, 0.1) is 0 Å². The Balaban J connectivity index is 2.10. The van der Waals surface area contributed by atoms with Crippen molar-refractivity contribution >= 4 is 29.0 Å². The van der Waals surface area contributed by atoms with Crippen LogP contribution in [-0.4, -0.2) is 25.7 Å². The van der Waals surface area contributed by atoms with Crippen molar-refractivity contribution < 1.29 is 9.90 Å². The van der Waals surface area contributed by atoms with Crippen LogP contribution in [0, 0.1) is 0 Å². The van der Waals surface area contributed by atoms with E-state index in [2.05, 4.69) is 10.1 Å². The standard InChI is InChI=1S/C14H11Cl2N3O2/c15-8-1-2-10(12(16)3-8)11-4-9(20)5-13(21)14(11)19-7-17-6-18-19/h1-3,5-7,11,14,21H,4H2. The quantitative estimate of drug-likeness (QED) is 0.920. The van der Waals surface area contributed by atoms with Gasteiger partial charge in [-0.15, -0.1) is 0 Å². The summed E-state index contributed by atoms with van der Waals surface area (Å²) in [6.45, 7) is 0. The molecule has 1 aromatic carbocycles. The van der Waals surface area contributed by atoms with Crippen molar-refractivity contribution in [1.29, 1.82) is 0 Å². The number of hydrogen-bond acceptors (Lipinski definition) is 4. The highest BCUT2D eigenvalue weighted by Gasteiger charge is 2.35. The molecule has 0 saturated heterocycles. The first kappa shape index (κ1) is 14.1. The summed E-state index contributed by atoms with van der Waals surface area (Å²) in [5.41, 5.74) is 0.745. The molecule has 5 nitrogen and oxygen atoms in total. The van der Waals surface area contributed by atoms with E-state index in [0.29, 0.717) is 10.0 Å². The van der Waals surface area contributed by atoms with Gasteiger partial charge in [-0.1, -0.05) is 29.3 Å². The Morgan fingerprint density at radius 1 is 1.33 bits per heavy atom. The molecule has 2 atom stereocenters. The summed E-state index contributed by atoms with van der Waals surface area (Å²) in [5.74, 6) is -0.526. The summed E-state index contributed by atoms with van der Waals surface area (Å²) in [6.07, 6.45) is 4.34. The third-order valence-corrected chi connectivity index (χ3v) is 4.06. The van der Waals surface area contributed by atoms with Crippen LogP contribution in [0.3, 0.4) is 0 Å². The van der Waals surface area contributed by atoms with Crippen molar-refractivity contribution in [2.45, 2.75) is 18.4 Å². The molecule has 1 aliphatic carbocycles. The SMILES string of the molecule is O=C1C=C(O)C(n2cncn2)C(c2ccc(Cl)cc2Cl)C1. The fraction of sp³-hybridized carbons (Fsp3) is 0.214. The molecule has 1 N–H and O–H groups in total. The minimum atomic E-state index is -0.510. The number of carbonyl (C=O) groups is 1. The molecule has 0 bridgehead atoms. The first-order valence-electron chi connectivity index (χ1n) is 6.28. The van der Waals surface area contributed by atoms with Gasteiger partial charge in [-0.05, 0) is 17.7 Å². The fourth-order valence-electron chi connectivity index (χ4n) is 2.61. The van der Waals surface area contributed by atoms with E-state index in [1.807, 2.05) is 0 Å². The molecule has 2 unspecified atom stereocenters. The Labute approximate surface area is 130 Å². The first-order chi connectivity index (χ1) is 10.1. The number of hydrogen-bond donors (Lipinski definition) is 1. The maximum atomic E-state index is 11.8. The number of aliphatic hydroxyl groups excluding tert-OH is 1. The van der Waals surface area contributed by atoms with Gasteiger partial charge >= 0.3 is 0 Å². The Morgan fingerprint density at radius 2 is 2.14 bits per heavy atom. The number of aromatic nitrogens is 3. The second kappa shape index (κ2) is 5.50. The normalized spacial score (nSPS) is 22.2. The molecule has 7 heteroatoms. The average molecular weight is 324 g/mol. The Morgan fingerprint density at radius 3 is 2.81 bits per heavy atom. The van der Waals surface area contributed by atoms with Crippen molar-refractivity contribution in [3.05, 3.63) is 58.3 Å². The lowest BCUT2D eigenvalue weighted by atomic mass is 9.82. The number of carbonyl (C=O) groups excluding carboxylic acids is 1. The summed E-state index contributed by atoms with van der Waals surface area (Å²) in [7, 11) is 0. The number of halogens is 2. The second-order valence-corrected chi connectivity index (χ2v) is 5.68.